The van der Waals surface area contributed by atoms with Crippen LogP contribution in [0.25, 0.3) is 0 Å². The van der Waals surface area contributed by atoms with E-state index < -0.39 is 0 Å². The summed E-state index contributed by atoms with van der Waals surface area (Å²) in [5.41, 5.74) is 1.86. The number of hydrogen-bond donors (Lipinski definition) is 1. The maximum Gasteiger partial charge on any atom is 0.258 e. The lowest BCUT2D eigenvalue weighted by Crippen LogP contribution is -2.34. The standard InChI is InChI=1S/C20H20ClN3O2/c1-14-12-16(8-9-17(14)21)26-13-18(25)23-19(15-6-4-3-5-7-15)20-22-10-11-24(20)2/h3-12,19H,13H2,1-2H3,(H,23,25)/t19-/m0/s1. The van der Waals surface area contributed by atoms with E-state index in [2.05, 4.69) is 10.3 Å². The second-order valence-electron chi connectivity index (χ2n) is 6.01. The lowest BCUT2D eigenvalue weighted by atomic mass is 10.1. The Morgan fingerprint density at radius 1 is 1.27 bits per heavy atom. The maximum atomic E-state index is 12.5. The largest absolute Gasteiger partial charge is 0.484 e. The molecule has 3 aromatic rings. The van der Waals surface area contributed by atoms with Crippen LogP contribution in [-0.4, -0.2) is 22.1 Å². The highest BCUT2D eigenvalue weighted by molar-refractivity contribution is 6.31. The first kappa shape index (κ1) is 18.0. The summed E-state index contributed by atoms with van der Waals surface area (Å²) in [5, 5.41) is 3.67. The van der Waals surface area contributed by atoms with Crippen molar-refractivity contribution in [3.8, 4) is 5.75 Å². The third-order valence-corrected chi connectivity index (χ3v) is 4.48. The molecule has 6 heteroatoms. The van der Waals surface area contributed by atoms with Crippen LogP contribution in [0.1, 0.15) is 23.0 Å². The molecule has 0 saturated heterocycles. The molecule has 2 aromatic carbocycles. The lowest BCUT2D eigenvalue weighted by molar-refractivity contribution is -0.123. The summed E-state index contributed by atoms with van der Waals surface area (Å²) >= 11 is 6.01. The van der Waals surface area contributed by atoms with E-state index in [0.29, 0.717) is 10.8 Å². The molecule has 0 radical (unpaired) electrons. The van der Waals surface area contributed by atoms with Crippen molar-refractivity contribution in [1.29, 1.82) is 0 Å². The number of nitrogens with zero attached hydrogens (tertiary/aromatic N) is 2. The first-order valence-corrected chi connectivity index (χ1v) is 8.63. The van der Waals surface area contributed by atoms with Gasteiger partial charge in [0, 0.05) is 24.5 Å². The summed E-state index contributed by atoms with van der Waals surface area (Å²) in [7, 11) is 1.90. The molecule has 0 fully saturated rings. The summed E-state index contributed by atoms with van der Waals surface area (Å²) < 4.78 is 7.48. The molecule has 1 atom stereocenters. The van der Waals surface area contributed by atoms with Crippen LogP contribution < -0.4 is 10.1 Å². The normalized spacial score (nSPS) is 11.8. The fourth-order valence-corrected chi connectivity index (χ4v) is 2.77. The quantitative estimate of drug-likeness (QED) is 0.721. The van der Waals surface area contributed by atoms with E-state index in [1.54, 1.807) is 18.3 Å². The zero-order chi connectivity index (χ0) is 18.5. The summed E-state index contributed by atoms with van der Waals surface area (Å²) in [6, 6.07) is 14.7. The van der Waals surface area contributed by atoms with Gasteiger partial charge in [0.15, 0.2) is 6.61 Å². The third kappa shape index (κ3) is 4.24. The second-order valence-corrected chi connectivity index (χ2v) is 6.41. The summed E-state index contributed by atoms with van der Waals surface area (Å²) in [6.45, 7) is 1.80. The molecule has 26 heavy (non-hydrogen) atoms. The number of nitrogens with one attached hydrogen (secondary N) is 1. The van der Waals surface area contributed by atoms with Crippen LogP contribution in [0.15, 0.2) is 60.9 Å². The van der Waals surface area contributed by atoms with Gasteiger partial charge in [-0.05, 0) is 36.2 Å². The van der Waals surface area contributed by atoms with E-state index in [9.17, 15) is 4.79 Å². The van der Waals surface area contributed by atoms with Crippen molar-refractivity contribution in [2.45, 2.75) is 13.0 Å². The highest BCUT2D eigenvalue weighted by atomic mass is 35.5. The molecule has 5 nitrogen and oxygen atoms in total. The number of hydrogen-bond acceptors (Lipinski definition) is 3. The topological polar surface area (TPSA) is 56.1 Å². The molecule has 3 rings (SSSR count). The Morgan fingerprint density at radius 2 is 2.04 bits per heavy atom. The number of carbonyl (C=O) groups is 1. The van der Waals surface area contributed by atoms with E-state index >= 15 is 0 Å². The number of benzene rings is 2. The number of carbonyl (C=O) groups excluding carboxylic acids is 1. The zero-order valence-corrected chi connectivity index (χ0v) is 15.4. The predicted molar refractivity (Wildman–Crippen MR) is 101 cm³/mol. The fraction of sp³-hybridized carbons (Fsp3) is 0.200. The molecule has 1 aromatic heterocycles. The van der Waals surface area contributed by atoms with Crippen LogP contribution in [0, 0.1) is 6.92 Å². The van der Waals surface area contributed by atoms with Gasteiger partial charge in [0.2, 0.25) is 0 Å². The SMILES string of the molecule is Cc1cc(OCC(=O)N[C@@H](c2ccccc2)c2nccn2C)ccc1Cl. The van der Waals surface area contributed by atoms with E-state index in [1.807, 2.05) is 61.1 Å². The first-order chi connectivity index (χ1) is 12.5. The average Bonchev–Trinajstić information content (AvgIpc) is 3.07. The van der Waals surface area contributed by atoms with Gasteiger partial charge >= 0.3 is 0 Å². The van der Waals surface area contributed by atoms with Gasteiger partial charge in [-0.15, -0.1) is 0 Å². The molecule has 0 saturated carbocycles. The number of amides is 1. The lowest BCUT2D eigenvalue weighted by Gasteiger charge is -2.19. The van der Waals surface area contributed by atoms with Crippen molar-refractivity contribution < 1.29 is 9.53 Å². The summed E-state index contributed by atoms with van der Waals surface area (Å²) in [6.07, 6.45) is 3.56. The Morgan fingerprint density at radius 3 is 2.69 bits per heavy atom. The van der Waals surface area contributed by atoms with Crippen LogP contribution in [0.2, 0.25) is 5.02 Å². The molecular formula is C20H20ClN3O2. The summed E-state index contributed by atoms with van der Waals surface area (Å²) in [5.74, 6) is 1.14. The number of aromatic nitrogens is 2. The average molecular weight is 370 g/mol. The molecule has 134 valence electrons. The molecule has 0 bridgehead atoms. The number of ether oxygens (including phenoxy) is 1. The van der Waals surface area contributed by atoms with E-state index in [0.717, 1.165) is 17.0 Å². The Hall–Kier alpha value is -2.79. The third-order valence-electron chi connectivity index (χ3n) is 4.05. The zero-order valence-electron chi connectivity index (χ0n) is 14.6. The van der Waals surface area contributed by atoms with E-state index in [1.165, 1.54) is 0 Å². The van der Waals surface area contributed by atoms with Crippen molar-refractivity contribution in [1.82, 2.24) is 14.9 Å². The summed E-state index contributed by atoms with van der Waals surface area (Å²) in [4.78, 5) is 16.8. The molecule has 0 unspecified atom stereocenters. The van der Waals surface area contributed by atoms with Crippen LogP contribution >= 0.6 is 11.6 Å². The van der Waals surface area contributed by atoms with Crippen molar-refractivity contribution in [3.63, 3.8) is 0 Å². The smallest absolute Gasteiger partial charge is 0.258 e. The highest BCUT2D eigenvalue weighted by Crippen LogP contribution is 2.22. The van der Waals surface area contributed by atoms with Crippen LogP contribution in [0.3, 0.4) is 0 Å². The second kappa shape index (κ2) is 8.06. The molecule has 1 N–H and O–H groups in total. The maximum absolute atomic E-state index is 12.5. The van der Waals surface area contributed by atoms with Gasteiger partial charge in [-0.3, -0.25) is 4.79 Å². The first-order valence-electron chi connectivity index (χ1n) is 8.25. The van der Waals surface area contributed by atoms with Crippen LogP contribution in [0.5, 0.6) is 5.75 Å². The van der Waals surface area contributed by atoms with Gasteiger partial charge < -0.3 is 14.6 Å². The molecule has 0 aliphatic rings. The Kier molecular flexibility index (Phi) is 5.58. The number of aryl methyl sites for hydroxylation is 2. The van der Waals surface area contributed by atoms with Gasteiger partial charge in [-0.25, -0.2) is 4.98 Å². The predicted octanol–water partition coefficient (Wildman–Crippen LogP) is 3.67. The van der Waals surface area contributed by atoms with Gasteiger partial charge in [0.05, 0.1) is 0 Å². The van der Waals surface area contributed by atoms with E-state index in [4.69, 9.17) is 16.3 Å². The van der Waals surface area contributed by atoms with Crippen molar-refractivity contribution >= 4 is 17.5 Å². The van der Waals surface area contributed by atoms with Gasteiger partial charge in [0.25, 0.3) is 5.91 Å². The number of rotatable bonds is 6. The molecule has 1 amide bonds. The minimum atomic E-state index is -0.348. The van der Waals surface area contributed by atoms with Crippen molar-refractivity contribution in [3.05, 3.63) is 82.9 Å². The molecule has 1 heterocycles. The minimum Gasteiger partial charge on any atom is -0.484 e. The van der Waals surface area contributed by atoms with Crippen LogP contribution in [-0.2, 0) is 11.8 Å². The minimum absolute atomic E-state index is 0.0885. The Bertz CT molecular complexity index is 893. The number of halogens is 1. The molecule has 0 spiro atoms. The van der Waals surface area contributed by atoms with Crippen molar-refractivity contribution in [2.75, 3.05) is 6.61 Å². The van der Waals surface area contributed by atoms with Gasteiger partial charge in [-0.2, -0.15) is 0 Å². The Labute approximate surface area is 157 Å². The van der Waals surface area contributed by atoms with Gasteiger partial charge in [0.1, 0.15) is 17.6 Å². The highest BCUT2D eigenvalue weighted by Gasteiger charge is 2.20. The molecule has 0 aliphatic heterocycles. The molecular weight excluding hydrogens is 350 g/mol. The van der Waals surface area contributed by atoms with Crippen molar-refractivity contribution in [2.24, 2.45) is 7.05 Å². The Balaban J connectivity index is 1.71. The number of imidazole rings is 1. The fourth-order valence-electron chi connectivity index (χ4n) is 2.66. The van der Waals surface area contributed by atoms with E-state index in [-0.39, 0.29) is 18.6 Å². The van der Waals surface area contributed by atoms with Crippen LogP contribution in [0.4, 0.5) is 0 Å². The van der Waals surface area contributed by atoms with Gasteiger partial charge in [-0.1, -0.05) is 41.9 Å². The molecule has 0 aliphatic carbocycles. The monoisotopic (exact) mass is 369 g/mol.